The van der Waals surface area contributed by atoms with Crippen LogP contribution in [0, 0.1) is 129 Å². The molecule has 1 N–H and O–H groups in total. The van der Waals surface area contributed by atoms with Gasteiger partial charge in [0.15, 0.2) is 0 Å². The molecule has 0 aromatic heterocycles. The zero-order chi connectivity index (χ0) is 67.3. The first-order valence-corrected chi connectivity index (χ1v) is 35.5. The van der Waals surface area contributed by atoms with Crippen molar-refractivity contribution in [3.8, 4) is 0 Å². The first kappa shape index (κ1) is 247. The Bertz CT molecular complexity index is 1030. The molecule has 4 aliphatic carbocycles. The van der Waals surface area contributed by atoms with Crippen molar-refractivity contribution in [2.24, 2.45) is 124 Å². The van der Waals surface area contributed by atoms with E-state index in [2.05, 4.69) is 159 Å². The molecular formula is C99H267BN. The summed E-state index contributed by atoms with van der Waals surface area (Å²) in [5.74, 6) is 17.3. The molecule has 3 saturated carbocycles. The molecule has 0 aliphatic heterocycles. The van der Waals surface area contributed by atoms with Crippen LogP contribution in [0.1, 0.15) is 522 Å². The summed E-state index contributed by atoms with van der Waals surface area (Å²) in [6, 6.07) is 0. The van der Waals surface area contributed by atoms with Gasteiger partial charge in [-0.1, -0.05) is 507 Å². The Labute approximate surface area is 679 Å². The van der Waals surface area contributed by atoms with E-state index < -0.39 is 0 Å². The van der Waals surface area contributed by atoms with E-state index in [0.29, 0.717) is 5.41 Å². The fraction of sp³-hybridized carbons (Fsp3) is 0.960. The van der Waals surface area contributed by atoms with Gasteiger partial charge in [-0.3, -0.25) is 0 Å². The summed E-state index contributed by atoms with van der Waals surface area (Å²) in [6.07, 6.45) is 4.37. The summed E-state index contributed by atoms with van der Waals surface area (Å²) in [5, 5.41) is 5.25. The van der Waals surface area contributed by atoms with Gasteiger partial charge in [-0.2, -0.15) is 0 Å². The van der Waals surface area contributed by atoms with Crippen molar-refractivity contribution in [2.75, 3.05) is 0 Å². The molecule has 101 heavy (non-hydrogen) atoms. The van der Waals surface area contributed by atoms with E-state index in [0.717, 1.165) is 118 Å². The number of nitrogens with one attached hydrogen (secondary N) is 1. The normalized spacial score (nSPS) is 21.8. The van der Waals surface area contributed by atoms with Crippen LogP contribution in [-0.4, -0.2) is 7.64 Å². The minimum atomic E-state index is 0. The predicted molar refractivity (Wildman–Crippen MR) is 540 cm³/mol. The molecular weight excluding hydrogens is 1210 g/mol. The van der Waals surface area contributed by atoms with E-state index in [1.54, 1.807) is 5.57 Å². The number of hydrogen-bond acceptors (Lipinski definition) is 1. The van der Waals surface area contributed by atoms with E-state index in [4.69, 9.17) is 5.31 Å². The molecule has 0 aromatic carbocycles. The molecule has 1 nitrogen and oxygen atoms in total. The van der Waals surface area contributed by atoms with E-state index in [1.165, 1.54) is 19.3 Å². The Balaban J connectivity index is -0.0000000144. The average molecular weight is 1480 g/mol. The van der Waals surface area contributed by atoms with Crippen LogP contribution in [0.2, 0.25) is 0 Å². The van der Waals surface area contributed by atoms with Crippen LogP contribution in [0.4, 0.5) is 0 Å². The van der Waals surface area contributed by atoms with Crippen molar-refractivity contribution in [1.82, 2.24) is 0 Å². The molecule has 0 saturated heterocycles. The summed E-state index contributed by atoms with van der Waals surface area (Å²) >= 11 is 0. The third-order valence-corrected chi connectivity index (χ3v) is 17.1. The average Bonchev–Trinajstić information content (AvgIpc) is 3.86. The third-order valence-electron chi connectivity index (χ3n) is 17.1. The van der Waals surface area contributed by atoms with Gasteiger partial charge in [0.25, 0.3) is 0 Å². The van der Waals surface area contributed by atoms with E-state index in [1.807, 2.05) is 199 Å². The summed E-state index contributed by atoms with van der Waals surface area (Å²) in [4.78, 5) is 0. The molecule has 2 heteroatoms. The summed E-state index contributed by atoms with van der Waals surface area (Å²) < 4.78 is 0. The number of rotatable bonds is 5. The Morgan fingerprint density at radius 1 is 0.307 bits per heavy atom. The van der Waals surface area contributed by atoms with Gasteiger partial charge in [0.1, 0.15) is 0 Å². The molecule has 671 valence electrons. The van der Waals surface area contributed by atoms with Crippen molar-refractivity contribution in [3.63, 3.8) is 0 Å². The molecule has 14 unspecified atom stereocenters. The van der Waals surface area contributed by atoms with Crippen molar-refractivity contribution >= 4 is 7.64 Å². The van der Waals surface area contributed by atoms with Crippen LogP contribution in [0.3, 0.4) is 0 Å². The first-order valence-electron chi connectivity index (χ1n) is 35.5. The quantitative estimate of drug-likeness (QED) is 0.210. The van der Waals surface area contributed by atoms with Gasteiger partial charge in [-0.25, -0.2) is 0 Å². The monoisotopic (exact) mass is 1480 g/mol. The molecule has 0 amide bonds. The van der Waals surface area contributed by atoms with Crippen LogP contribution in [0.5, 0.6) is 0 Å². The number of allylic oxidation sites excluding steroid dienone is 2. The van der Waals surface area contributed by atoms with Crippen molar-refractivity contribution in [1.29, 1.82) is 5.31 Å². The second-order valence-corrected chi connectivity index (χ2v) is 20.8. The molecule has 4 aliphatic rings. The summed E-state index contributed by atoms with van der Waals surface area (Å²) in [5.41, 5.74) is 4.07. The molecule has 4 rings (SSSR count). The second-order valence-electron chi connectivity index (χ2n) is 20.8. The van der Waals surface area contributed by atoms with E-state index >= 15 is 0 Å². The Morgan fingerprint density at radius 3 is 0.762 bits per heavy atom. The Kier molecular flexibility index (Phi) is 425. The van der Waals surface area contributed by atoms with Gasteiger partial charge in [-0.15, -0.1) is 13.2 Å². The van der Waals surface area contributed by atoms with Gasteiger partial charge >= 0.3 is 13.0 Å². The molecule has 3 fully saturated rings. The standard InChI is InChI=1S/C27H48.C19H38.14C2H6.C2H4.23CH4.BHN/c1-13-15(3)19(7)26(20(8)16(13)4)22(10)24-12-25-18(6)14(2)17(5)21(9)27(25)23(24)11;1-12(2)18(13(3)4)16-10-15(6)17(11-14(16)5)19(7,8)9;15*1-2;;;;;;;;;;;;;;;;;;;;;;;;1-2/h13-19,21-25,27H,12H2,1-11H3;12-18H,10-11H2,1-9H3;14*1-2H3;1-2H2;23*1H4;2H/t;14-,15?,16-,17+;;;;;;;;;;;;;;;;;;;;;;;;;;;;;;;;;;;;;;;/m.1......................................./s1. The number of hydrogen-bond donors (Lipinski definition) is 1. The van der Waals surface area contributed by atoms with E-state index in [9.17, 15) is 0 Å². The van der Waals surface area contributed by atoms with Crippen LogP contribution in [0.25, 0.3) is 0 Å². The van der Waals surface area contributed by atoms with Gasteiger partial charge in [-0.05, 0) is 150 Å². The fourth-order valence-electron chi connectivity index (χ4n) is 13.5. The molecule has 0 spiro atoms. The van der Waals surface area contributed by atoms with E-state index in [-0.39, 0.29) is 171 Å². The Morgan fingerprint density at radius 2 is 0.535 bits per heavy atom. The van der Waals surface area contributed by atoms with Crippen LogP contribution < -0.4 is 0 Å². The molecule has 1 radical (unpaired) electrons. The molecule has 17 atom stereocenters. The van der Waals surface area contributed by atoms with Crippen LogP contribution >= 0.6 is 0 Å². The maximum absolute atomic E-state index is 5.25. The van der Waals surface area contributed by atoms with Gasteiger partial charge in [0.05, 0.1) is 0 Å². The fourth-order valence-corrected chi connectivity index (χ4v) is 13.5. The van der Waals surface area contributed by atoms with Gasteiger partial charge in [0, 0.05) is 0 Å². The summed E-state index contributed by atoms with van der Waals surface area (Å²) in [7, 11) is 3.75. The first-order chi connectivity index (χ1) is 37.1. The minimum absolute atomic E-state index is 0. The molecule has 0 heterocycles. The van der Waals surface area contributed by atoms with Gasteiger partial charge < -0.3 is 0 Å². The predicted octanol–water partition coefficient (Wildman–Crippen LogP) is 43.9. The van der Waals surface area contributed by atoms with Crippen molar-refractivity contribution < 1.29 is 0 Å². The molecule has 0 bridgehead atoms. The zero-order valence-electron chi connectivity index (χ0n) is 65.7. The topological polar surface area (TPSA) is 23.9 Å². The maximum atomic E-state index is 5.25. The van der Waals surface area contributed by atoms with Crippen molar-refractivity contribution in [3.05, 3.63) is 24.3 Å². The van der Waals surface area contributed by atoms with Crippen molar-refractivity contribution in [2.45, 2.75) is 522 Å². The zero-order valence-corrected chi connectivity index (χ0v) is 65.7. The van der Waals surface area contributed by atoms with Crippen LogP contribution in [-0.2, 0) is 0 Å². The molecule has 0 aromatic rings. The SMILES string of the molecule is C.C.C.C.C.C.C.C.C.C.C.C.C.C.C.C.C.C.C.C.C.C.C.C=C.CC.CC.CC.CC.CC.CC.CC.CC.CC.CC.CC.CC.CC.CC.CC(C)C(C(C)C)[C@@H]1CC(C)[C@@H](C(C)(C)C)C[C@H]1C.CC1=C(C(C)C2CC3C(C)C(C)C(C)C(C)C3C2C)C(C)C(C)C(C)C1C.[B]=N. The Hall–Kier alpha value is -0.655. The summed E-state index contributed by atoms with van der Waals surface area (Å²) in [6.45, 7) is 112. The van der Waals surface area contributed by atoms with Crippen LogP contribution in [0.15, 0.2) is 24.3 Å². The third kappa shape index (κ3) is 91.7. The number of fused-ring (bicyclic) bond motifs is 1. The van der Waals surface area contributed by atoms with Gasteiger partial charge in [0.2, 0.25) is 0 Å². The second kappa shape index (κ2) is 174.